The molecule has 1 rings (SSSR count). The number of nitrogens with two attached hydrogens (primary N) is 1. The largest absolute Gasteiger partial charge is 0.378 e. The van der Waals surface area contributed by atoms with Gasteiger partial charge in [-0.2, -0.15) is 0 Å². The summed E-state index contributed by atoms with van der Waals surface area (Å²) in [4.78, 5) is 14.2. The van der Waals surface area contributed by atoms with Crippen molar-refractivity contribution in [3.05, 3.63) is 0 Å². The average molecular weight is 321 g/mol. The van der Waals surface area contributed by atoms with Gasteiger partial charge in [-0.25, -0.2) is 0 Å². The van der Waals surface area contributed by atoms with Crippen molar-refractivity contribution in [2.24, 2.45) is 17.6 Å². The van der Waals surface area contributed by atoms with E-state index >= 15 is 0 Å². The molecule has 1 aliphatic rings. The van der Waals surface area contributed by atoms with Crippen LogP contribution in [-0.2, 0) is 9.53 Å². The Morgan fingerprint density at radius 2 is 1.90 bits per heavy atom. The van der Waals surface area contributed by atoms with Gasteiger partial charge in [-0.15, -0.1) is 12.4 Å². The highest BCUT2D eigenvalue weighted by atomic mass is 35.5. The van der Waals surface area contributed by atoms with Gasteiger partial charge >= 0.3 is 0 Å². The van der Waals surface area contributed by atoms with Gasteiger partial charge < -0.3 is 15.4 Å². The van der Waals surface area contributed by atoms with Crippen molar-refractivity contribution in [3.8, 4) is 0 Å². The monoisotopic (exact) mass is 320 g/mol. The number of halogens is 1. The van der Waals surface area contributed by atoms with E-state index in [9.17, 15) is 4.79 Å². The summed E-state index contributed by atoms with van der Waals surface area (Å²) >= 11 is 0. The van der Waals surface area contributed by atoms with Crippen LogP contribution in [0, 0.1) is 11.8 Å². The Kier molecular flexibility index (Phi) is 11.1. The molecular formula is C16H33ClN2O2. The average Bonchev–Trinajstić information content (AvgIpc) is 2.38. The van der Waals surface area contributed by atoms with Gasteiger partial charge in [-0.05, 0) is 44.1 Å². The third-order valence-electron chi connectivity index (χ3n) is 3.89. The highest BCUT2D eigenvalue weighted by molar-refractivity contribution is 5.85. The molecule has 2 N–H and O–H groups in total. The fourth-order valence-corrected chi connectivity index (χ4v) is 2.92. The normalized spacial score (nSPS) is 17.7. The lowest BCUT2D eigenvalue weighted by molar-refractivity contribution is -0.134. The van der Waals surface area contributed by atoms with Crippen LogP contribution in [0.4, 0.5) is 0 Å². The molecule has 0 saturated carbocycles. The summed E-state index contributed by atoms with van der Waals surface area (Å²) < 4.78 is 5.77. The van der Waals surface area contributed by atoms with Crippen molar-refractivity contribution in [2.75, 3.05) is 26.2 Å². The molecule has 0 spiro atoms. The minimum absolute atomic E-state index is 0. The van der Waals surface area contributed by atoms with E-state index in [1.807, 2.05) is 4.90 Å². The van der Waals surface area contributed by atoms with Crippen LogP contribution in [0.3, 0.4) is 0 Å². The first-order valence-corrected chi connectivity index (χ1v) is 8.12. The van der Waals surface area contributed by atoms with Crippen LogP contribution in [0.2, 0.25) is 0 Å². The Morgan fingerprint density at radius 3 is 2.43 bits per heavy atom. The molecule has 0 aromatic heterocycles. The van der Waals surface area contributed by atoms with Crippen molar-refractivity contribution in [1.82, 2.24) is 4.90 Å². The van der Waals surface area contributed by atoms with Gasteiger partial charge in [0.05, 0.1) is 6.10 Å². The molecule has 1 atom stereocenters. The molecule has 1 unspecified atom stereocenters. The van der Waals surface area contributed by atoms with Gasteiger partial charge in [0.2, 0.25) is 5.91 Å². The first-order valence-electron chi connectivity index (χ1n) is 8.12. The third kappa shape index (κ3) is 8.64. The molecule has 0 radical (unpaired) electrons. The molecule has 1 amide bonds. The van der Waals surface area contributed by atoms with E-state index in [-0.39, 0.29) is 12.4 Å². The molecule has 1 fully saturated rings. The molecule has 0 aromatic carbocycles. The van der Waals surface area contributed by atoms with E-state index in [1.165, 1.54) is 0 Å². The topological polar surface area (TPSA) is 55.6 Å². The van der Waals surface area contributed by atoms with Crippen LogP contribution in [0.15, 0.2) is 0 Å². The fraction of sp³-hybridized carbons (Fsp3) is 0.938. The predicted octanol–water partition coefficient (Wildman–Crippen LogP) is 2.84. The standard InChI is InChI=1S/C16H32N2O2.ClH/c1-13(2)11-14(3)12-16(19)18-8-5-15(6-9-18)20-10-4-7-17;/h13-15H,4-12,17H2,1-3H3;1H. The summed E-state index contributed by atoms with van der Waals surface area (Å²) in [5, 5.41) is 0. The number of carbonyl (C=O) groups is 1. The van der Waals surface area contributed by atoms with E-state index < -0.39 is 0 Å². The maximum atomic E-state index is 12.2. The van der Waals surface area contributed by atoms with Gasteiger partial charge in [-0.1, -0.05) is 20.8 Å². The van der Waals surface area contributed by atoms with E-state index in [4.69, 9.17) is 10.5 Å². The van der Waals surface area contributed by atoms with Gasteiger partial charge in [0.1, 0.15) is 0 Å². The maximum Gasteiger partial charge on any atom is 0.222 e. The molecule has 1 aliphatic heterocycles. The summed E-state index contributed by atoms with van der Waals surface area (Å²) in [6, 6.07) is 0. The molecule has 126 valence electrons. The van der Waals surface area contributed by atoms with Crippen LogP contribution < -0.4 is 5.73 Å². The van der Waals surface area contributed by atoms with E-state index in [1.54, 1.807) is 0 Å². The highest BCUT2D eigenvalue weighted by Gasteiger charge is 2.24. The molecule has 4 nitrogen and oxygen atoms in total. The molecule has 0 aliphatic carbocycles. The summed E-state index contributed by atoms with van der Waals surface area (Å²) in [5.41, 5.74) is 5.45. The Balaban J connectivity index is 0.00000400. The number of nitrogens with zero attached hydrogens (tertiary/aromatic N) is 1. The first kappa shape index (κ1) is 20.7. The summed E-state index contributed by atoms with van der Waals surface area (Å²) in [6.45, 7) is 9.74. The zero-order valence-electron chi connectivity index (χ0n) is 13.8. The zero-order valence-corrected chi connectivity index (χ0v) is 14.7. The molecule has 1 heterocycles. The van der Waals surface area contributed by atoms with Crippen LogP contribution in [0.5, 0.6) is 0 Å². The van der Waals surface area contributed by atoms with Crippen LogP contribution in [-0.4, -0.2) is 43.2 Å². The maximum absolute atomic E-state index is 12.2. The Labute approximate surface area is 136 Å². The number of hydrogen-bond acceptors (Lipinski definition) is 3. The van der Waals surface area contributed by atoms with Crippen molar-refractivity contribution in [3.63, 3.8) is 0 Å². The SMILES string of the molecule is CC(C)CC(C)CC(=O)N1CCC(OCCCN)CC1.Cl. The van der Waals surface area contributed by atoms with Gasteiger partial charge in [0.15, 0.2) is 0 Å². The lowest BCUT2D eigenvalue weighted by atomic mass is 9.95. The molecular weight excluding hydrogens is 288 g/mol. The second-order valence-electron chi connectivity index (χ2n) is 6.53. The Morgan fingerprint density at radius 1 is 1.29 bits per heavy atom. The smallest absolute Gasteiger partial charge is 0.222 e. The first-order chi connectivity index (χ1) is 9.52. The third-order valence-corrected chi connectivity index (χ3v) is 3.89. The Bertz CT molecular complexity index is 279. The summed E-state index contributed by atoms with van der Waals surface area (Å²) in [6.07, 6.45) is 5.00. The number of piperidine rings is 1. The number of rotatable bonds is 8. The second kappa shape index (κ2) is 11.3. The second-order valence-corrected chi connectivity index (χ2v) is 6.53. The molecule has 0 aromatic rings. The van der Waals surface area contributed by atoms with Crippen LogP contribution in [0.1, 0.15) is 52.9 Å². The molecule has 21 heavy (non-hydrogen) atoms. The fourth-order valence-electron chi connectivity index (χ4n) is 2.92. The minimum atomic E-state index is 0. The minimum Gasteiger partial charge on any atom is -0.378 e. The molecule has 1 saturated heterocycles. The number of hydrogen-bond donors (Lipinski definition) is 1. The zero-order chi connectivity index (χ0) is 15.0. The Hall–Kier alpha value is -0.320. The predicted molar refractivity (Wildman–Crippen MR) is 89.7 cm³/mol. The lowest BCUT2D eigenvalue weighted by Crippen LogP contribution is -2.41. The van der Waals surface area contributed by atoms with E-state index in [0.717, 1.165) is 45.4 Å². The van der Waals surface area contributed by atoms with Gasteiger partial charge in [0, 0.05) is 26.1 Å². The molecule has 5 heteroatoms. The number of ether oxygens (including phenoxy) is 1. The number of likely N-dealkylation sites (tertiary alicyclic amines) is 1. The van der Waals surface area contributed by atoms with Gasteiger partial charge in [-0.3, -0.25) is 4.79 Å². The van der Waals surface area contributed by atoms with Crippen molar-refractivity contribution >= 4 is 18.3 Å². The lowest BCUT2D eigenvalue weighted by Gasteiger charge is -2.32. The summed E-state index contributed by atoms with van der Waals surface area (Å²) in [5.74, 6) is 1.47. The quantitative estimate of drug-likeness (QED) is 0.700. The molecule has 0 bridgehead atoms. The van der Waals surface area contributed by atoms with Gasteiger partial charge in [0.25, 0.3) is 0 Å². The van der Waals surface area contributed by atoms with Crippen LogP contribution in [0.25, 0.3) is 0 Å². The van der Waals surface area contributed by atoms with Crippen molar-refractivity contribution in [1.29, 1.82) is 0 Å². The van der Waals surface area contributed by atoms with E-state index in [2.05, 4.69) is 20.8 Å². The van der Waals surface area contributed by atoms with Crippen LogP contribution >= 0.6 is 12.4 Å². The number of amides is 1. The van der Waals surface area contributed by atoms with Crippen molar-refractivity contribution < 1.29 is 9.53 Å². The highest BCUT2D eigenvalue weighted by Crippen LogP contribution is 2.19. The van der Waals surface area contributed by atoms with Crippen molar-refractivity contribution in [2.45, 2.75) is 59.0 Å². The number of carbonyl (C=O) groups excluding carboxylic acids is 1. The summed E-state index contributed by atoms with van der Waals surface area (Å²) in [7, 11) is 0. The van der Waals surface area contributed by atoms with E-state index in [0.29, 0.717) is 36.8 Å².